The molecular weight excluding hydrogens is 929 g/mol. The van der Waals surface area contributed by atoms with Crippen molar-refractivity contribution in [1.29, 1.82) is 0 Å². The van der Waals surface area contributed by atoms with E-state index in [1.54, 1.807) is 0 Å². The summed E-state index contributed by atoms with van der Waals surface area (Å²) >= 11 is 0. The van der Waals surface area contributed by atoms with Crippen LogP contribution >= 0.6 is 23.5 Å². The molecule has 4 rings (SSSR count). The largest absolute Gasteiger partial charge is 0.513 e. The number of hydrogen-bond acceptors (Lipinski definition) is 17. The van der Waals surface area contributed by atoms with Crippen LogP contribution in [0, 0.1) is 6.92 Å². The van der Waals surface area contributed by atoms with Crippen molar-refractivity contribution in [2.45, 2.75) is 123 Å². The highest BCUT2D eigenvalue weighted by atomic mass is 31.3. The summed E-state index contributed by atoms with van der Waals surface area (Å²) in [6.07, 6.45) is 12.9. The van der Waals surface area contributed by atoms with Gasteiger partial charge in [-0.3, -0.25) is 27.9 Å². The molecule has 0 saturated heterocycles. The van der Waals surface area contributed by atoms with E-state index in [9.17, 15) is 42.7 Å². The van der Waals surface area contributed by atoms with Crippen LogP contribution in [0.3, 0.4) is 0 Å². The van der Waals surface area contributed by atoms with Gasteiger partial charge in [-0.15, -0.1) is 0 Å². The van der Waals surface area contributed by atoms with Gasteiger partial charge in [0.1, 0.15) is 17.6 Å². The predicted molar refractivity (Wildman–Crippen MR) is 238 cm³/mol. The molecule has 5 atom stereocenters. The Morgan fingerprint density at radius 1 is 0.667 bits per heavy atom. The van der Waals surface area contributed by atoms with Crippen LogP contribution in [0.15, 0.2) is 76.5 Å². The van der Waals surface area contributed by atoms with Crippen molar-refractivity contribution in [3.63, 3.8) is 0 Å². The molecule has 0 aliphatic carbocycles. The molecule has 21 nitrogen and oxygen atoms in total. The summed E-state index contributed by atoms with van der Waals surface area (Å²) in [7, 11) is -16.5. The zero-order valence-electron chi connectivity index (χ0n) is 37.1. The quantitative estimate of drug-likeness (QED) is 0.0184. The Bertz CT molecular complexity index is 2280. The lowest BCUT2D eigenvalue weighted by Gasteiger charge is -2.22. The summed E-state index contributed by atoms with van der Waals surface area (Å²) in [6.45, 7) is 4.04. The number of unbranched alkanes of at least 4 members (excludes halogenated alkanes) is 10. The lowest BCUT2D eigenvalue weighted by Crippen LogP contribution is -2.33. The van der Waals surface area contributed by atoms with E-state index in [1.165, 1.54) is 112 Å². The summed E-state index contributed by atoms with van der Waals surface area (Å²) in [6, 6.07) is 11.2. The standard InChI is InChI=1S/C42H59N2O19P3/c1-4-6-8-9-10-11-12-13-14-15-27-55-42(48)61-36-22-18-34(19-23-36)30-58-66(53,57-29-33-16-20-35(21-17-33)60-41(47)54-26-7-5-2)63-65(51,52)62-64(49,50)56-31-37-24-25-38(59-37)44-28-32(3)39(45)43-40(44)46/h16-25,28,37-38H,4-15,26-27,29-31H2,1-3H3,(H,49,50)(H,51,52)(H,43,45,46)/t37-,38+,66?/m0/s1. The smallest absolute Gasteiger partial charge is 0.434 e. The monoisotopic (exact) mass is 988 g/mol. The molecule has 1 aromatic heterocycles. The molecule has 366 valence electrons. The van der Waals surface area contributed by atoms with Gasteiger partial charge in [-0.1, -0.05) is 108 Å². The molecule has 3 aromatic rings. The number of aromatic nitrogens is 2. The normalized spacial score (nSPS) is 17.3. The number of aryl methyl sites for hydroxylation is 1. The van der Waals surface area contributed by atoms with Crippen molar-refractivity contribution in [1.82, 2.24) is 9.55 Å². The van der Waals surface area contributed by atoms with E-state index >= 15 is 0 Å². The highest BCUT2D eigenvalue weighted by molar-refractivity contribution is 7.67. The number of carbonyl (C=O) groups is 2. The number of carbonyl (C=O) groups excluding carboxylic acids is 2. The van der Waals surface area contributed by atoms with Gasteiger partial charge in [0, 0.05) is 11.8 Å². The first-order valence-corrected chi connectivity index (χ1v) is 26.1. The lowest BCUT2D eigenvalue weighted by atomic mass is 10.1. The van der Waals surface area contributed by atoms with Gasteiger partial charge in [0.25, 0.3) is 5.56 Å². The average Bonchev–Trinajstić information content (AvgIpc) is 3.74. The van der Waals surface area contributed by atoms with E-state index < -0.39 is 79.2 Å². The minimum Gasteiger partial charge on any atom is -0.434 e. The van der Waals surface area contributed by atoms with E-state index in [4.69, 9.17) is 41.6 Å². The van der Waals surface area contributed by atoms with E-state index in [2.05, 4.69) is 16.2 Å². The van der Waals surface area contributed by atoms with Crippen LogP contribution in [0.5, 0.6) is 11.5 Å². The zero-order valence-corrected chi connectivity index (χ0v) is 39.8. The van der Waals surface area contributed by atoms with Gasteiger partial charge < -0.3 is 33.5 Å². The molecule has 0 fully saturated rings. The van der Waals surface area contributed by atoms with Gasteiger partial charge in [0.15, 0.2) is 6.23 Å². The predicted octanol–water partition coefficient (Wildman–Crippen LogP) is 9.84. The highest BCUT2D eigenvalue weighted by Crippen LogP contribution is 2.69. The van der Waals surface area contributed by atoms with Crippen molar-refractivity contribution in [2.75, 3.05) is 19.8 Å². The number of nitrogens with one attached hydrogen (secondary N) is 1. The van der Waals surface area contributed by atoms with Crippen LogP contribution in [0.1, 0.15) is 114 Å². The number of hydrogen-bond donors (Lipinski definition) is 3. The summed E-state index contributed by atoms with van der Waals surface area (Å²) in [4.78, 5) is 71.2. The molecule has 1 aliphatic heterocycles. The maximum atomic E-state index is 13.9. The number of H-pyrrole nitrogens is 1. The number of phosphoric ester groups is 2. The third-order valence-corrected chi connectivity index (χ3v) is 14.1. The summed E-state index contributed by atoms with van der Waals surface area (Å²) in [5.74, 6) is 0.220. The van der Waals surface area contributed by atoms with E-state index in [0.29, 0.717) is 12.8 Å². The van der Waals surface area contributed by atoms with Crippen LogP contribution in [-0.4, -0.2) is 57.6 Å². The molecule has 0 spiro atoms. The molecule has 0 radical (unpaired) electrons. The number of nitrogens with zero attached hydrogens (tertiary/aromatic N) is 1. The van der Waals surface area contributed by atoms with E-state index in [0.717, 1.165) is 30.3 Å². The van der Waals surface area contributed by atoms with Crippen LogP contribution in [0.4, 0.5) is 9.59 Å². The first kappa shape index (κ1) is 54.4. The summed E-state index contributed by atoms with van der Waals surface area (Å²) in [5, 5.41) is 0. The number of aromatic amines is 1. The molecule has 0 amide bonds. The van der Waals surface area contributed by atoms with Crippen LogP contribution in [0.2, 0.25) is 0 Å². The molecule has 1 aliphatic rings. The molecule has 24 heteroatoms. The summed E-state index contributed by atoms with van der Waals surface area (Å²) < 4.78 is 91.7. The second-order valence-electron chi connectivity index (χ2n) is 15.0. The Morgan fingerprint density at radius 3 is 1.70 bits per heavy atom. The fraction of sp³-hybridized carbons (Fsp3) is 0.524. The number of rotatable bonds is 30. The van der Waals surface area contributed by atoms with Crippen molar-refractivity contribution in [2.24, 2.45) is 0 Å². The second kappa shape index (κ2) is 27.6. The van der Waals surface area contributed by atoms with Gasteiger partial charge in [-0.05, 0) is 61.2 Å². The fourth-order valence-electron chi connectivity index (χ4n) is 5.98. The van der Waals surface area contributed by atoms with Gasteiger partial charge >= 0.3 is 41.5 Å². The maximum absolute atomic E-state index is 13.9. The number of benzene rings is 2. The molecule has 0 bridgehead atoms. The minimum absolute atomic E-state index is 0.104. The lowest BCUT2D eigenvalue weighted by molar-refractivity contribution is -0.0105. The van der Waals surface area contributed by atoms with Gasteiger partial charge in [0.05, 0.1) is 33.0 Å². The first-order chi connectivity index (χ1) is 31.5. The Balaban J connectivity index is 1.32. The molecule has 66 heavy (non-hydrogen) atoms. The number of ether oxygens (including phenoxy) is 5. The van der Waals surface area contributed by atoms with Crippen molar-refractivity contribution < 1.29 is 78.9 Å². The van der Waals surface area contributed by atoms with Crippen molar-refractivity contribution in [3.05, 3.63) is 104 Å². The zero-order chi connectivity index (χ0) is 48.0. The molecule has 2 heterocycles. The summed E-state index contributed by atoms with van der Waals surface area (Å²) in [5.41, 5.74) is -0.600. The molecule has 2 aromatic carbocycles. The van der Waals surface area contributed by atoms with Gasteiger partial charge in [-0.25, -0.2) is 28.1 Å². The van der Waals surface area contributed by atoms with Gasteiger partial charge in [0.2, 0.25) is 0 Å². The van der Waals surface area contributed by atoms with Crippen molar-refractivity contribution in [3.8, 4) is 11.5 Å². The van der Waals surface area contributed by atoms with E-state index in [1.807, 2.05) is 6.92 Å². The van der Waals surface area contributed by atoms with Gasteiger partial charge in [-0.2, -0.15) is 8.62 Å². The minimum atomic E-state index is -5.83. The molecule has 0 saturated carbocycles. The van der Waals surface area contributed by atoms with E-state index in [-0.39, 0.29) is 41.4 Å². The molecule has 3 unspecified atom stereocenters. The second-order valence-corrected chi connectivity index (χ2v) is 19.9. The Hall–Kier alpha value is -4.23. The average molecular weight is 989 g/mol. The number of phosphoric acid groups is 3. The fourth-order valence-corrected chi connectivity index (χ4v) is 10.0. The molecule has 3 N–H and O–H groups in total. The maximum Gasteiger partial charge on any atom is 0.513 e. The van der Waals surface area contributed by atoms with Crippen LogP contribution < -0.4 is 20.7 Å². The van der Waals surface area contributed by atoms with Crippen LogP contribution in [0.25, 0.3) is 0 Å². The SMILES string of the molecule is CCCCCCCCCCCCOC(=O)Oc1ccc(COP(=O)(OCc2ccc(OC(=O)OCCCC)cc2)OP(=O)(O)OP(=O)(O)OC[C@@H]2C=C[C@H](n3cc(C)c(=O)[nH]c3=O)O2)cc1. The topological polar surface area (TPSA) is 273 Å². The Labute approximate surface area is 382 Å². The van der Waals surface area contributed by atoms with Crippen molar-refractivity contribution >= 4 is 35.8 Å². The molecular formula is C42H59N2O19P3. The Morgan fingerprint density at radius 2 is 1.17 bits per heavy atom. The Kier molecular flexibility index (Phi) is 22.7. The third kappa shape index (κ3) is 20.3. The highest BCUT2D eigenvalue weighted by Gasteiger charge is 2.44. The van der Waals surface area contributed by atoms with Crippen LogP contribution in [-0.2, 0) is 63.3 Å². The third-order valence-electron chi connectivity index (χ3n) is 9.50. The first-order valence-electron chi connectivity index (χ1n) is 21.6.